The molecule has 0 spiro atoms. The number of methoxy groups -OCH3 is 2. The number of amides is 4. The van der Waals surface area contributed by atoms with Crippen LogP contribution in [0.3, 0.4) is 0 Å². The monoisotopic (exact) mass is 1060 g/mol. The number of carbonyl (C=O) groups excluding carboxylic acids is 2. The molecule has 75 heavy (non-hydrogen) atoms. The molecule has 0 saturated carbocycles. The zero-order valence-corrected chi connectivity index (χ0v) is 44.4. The fraction of sp³-hybridized carbons (Fsp3) is 0.308. The number of sulfone groups is 1. The second-order valence-electron chi connectivity index (χ2n) is 19.1. The van der Waals surface area contributed by atoms with Crippen molar-refractivity contribution in [2.75, 3.05) is 66.7 Å². The first-order valence-corrected chi connectivity index (χ1v) is 26.4. The van der Waals surface area contributed by atoms with Crippen molar-refractivity contribution in [3.63, 3.8) is 0 Å². The topological polar surface area (TPSA) is 249 Å². The Labute approximate surface area is 437 Å². The van der Waals surface area contributed by atoms with E-state index in [4.69, 9.17) is 32.7 Å². The largest absolute Gasteiger partial charge is 0.493 e. The summed E-state index contributed by atoms with van der Waals surface area (Å²) in [6, 6.07) is 24.0. The van der Waals surface area contributed by atoms with Crippen LogP contribution in [-0.2, 0) is 25.4 Å². The van der Waals surface area contributed by atoms with Crippen LogP contribution in [-0.4, -0.2) is 96.8 Å². The van der Waals surface area contributed by atoms with E-state index in [1.54, 1.807) is 92.0 Å². The van der Waals surface area contributed by atoms with Gasteiger partial charge in [0.25, 0.3) is 0 Å². The molecule has 23 heteroatoms. The average Bonchev–Trinajstić information content (AvgIpc) is 4.07. The first-order chi connectivity index (χ1) is 35.8. The summed E-state index contributed by atoms with van der Waals surface area (Å²) >= 11 is 1.30. The second kappa shape index (κ2) is 22.6. The van der Waals surface area contributed by atoms with E-state index >= 15 is 4.79 Å². The van der Waals surface area contributed by atoms with E-state index < -0.39 is 32.7 Å². The molecule has 8 rings (SSSR count). The first-order valence-electron chi connectivity index (χ1n) is 23.5. The molecule has 21 nitrogen and oxygen atoms in total. The molecule has 0 fully saturated rings. The van der Waals surface area contributed by atoms with E-state index in [1.165, 1.54) is 37.8 Å². The maximum atomic E-state index is 15.0. The van der Waals surface area contributed by atoms with Crippen LogP contribution in [0.15, 0.2) is 123 Å². The Bertz CT molecular complexity index is 3450. The van der Waals surface area contributed by atoms with Crippen molar-refractivity contribution < 1.29 is 50.7 Å². The molecular formula is C52H56N10O11S2. The molecule has 0 aliphatic rings. The number of ether oxygens (including phenoxy) is 5. The number of nitrogens with zero attached hydrogens (tertiary/aromatic N) is 8. The van der Waals surface area contributed by atoms with Crippen LogP contribution >= 0.6 is 11.8 Å². The number of aromatic nitrogens is 6. The molecule has 0 unspecified atom stereocenters. The minimum atomic E-state index is -3.17. The van der Waals surface area contributed by atoms with Gasteiger partial charge < -0.3 is 43.4 Å². The Morgan fingerprint density at radius 3 is 1.92 bits per heavy atom. The number of rotatable bonds is 18. The van der Waals surface area contributed by atoms with Crippen molar-refractivity contribution in [3.8, 4) is 28.9 Å². The molecule has 4 aromatic heterocycles. The number of fused-ring (bicyclic) bond motifs is 2. The third-order valence-electron chi connectivity index (χ3n) is 11.0. The van der Waals surface area contributed by atoms with Crippen molar-refractivity contribution in [2.45, 2.75) is 68.7 Å². The van der Waals surface area contributed by atoms with Gasteiger partial charge in [-0.05, 0) is 61.0 Å². The SMILES string of the molecule is COCCOc1ccc2ncnc(Oc3cccc(NC(=O)N(c4cc(C(C)(C)C)on4)N(C(=O)Nc4cccc(Sc5ncnc6cc(OC)c(OCCCS(C)(=O)=O)cc56)c4)c4cc(C(C)(C)C)on4)c3)c2c1. The highest BCUT2D eigenvalue weighted by molar-refractivity contribution is 7.99. The highest BCUT2D eigenvalue weighted by Gasteiger charge is 2.37. The molecule has 4 heterocycles. The second-order valence-corrected chi connectivity index (χ2v) is 22.4. The molecule has 0 aliphatic carbocycles. The predicted octanol–water partition coefficient (Wildman–Crippen LogP) is 10.6. The van der Waals surface area contributed by atoms with Crippen molar-refractivity contribution >= 4 is 78.5 Å². The lowest BCUT2D eigenvalue weighted by Gasteiger charge is -2.30. The molecule has 0 bridgehead atoms. The van der Waals surface area contributed by atoms with Gasteiger partial charge in [0.1, 0.15) is 57.1 Å². The smallest absolute Gasteiger partial charge is 0.347 e. The Morgan fingerprint density at radius 2 is 1.29 bits per heavy atom. The molecule has 0 saturated heterocycles. The van der Waals surface area contributed by atoms with Gasteiger partial charge in [-0.1, -0.05) is 75.8 Å². The molecule has 0 atom stereocenters. The van der Waals surface area contributed by atoms with Gasteiger partial charge in [-0.15, -0.1) is 0 Å². The van der Waals surface area contributed by atoms with Crippen LogP contribution in [0.1, 0.15) is 59.5 Å². The van der Waals surface area contributed by atoms with Gasteiger partial charge in [-0.2, -0.15) is 10.0 Å². The minimum Gasteiger partial charge on any atom is -0.493 e. The van der Waals surface area contributed by atoms with Crippen LogP contribution in [0, 0.1) is 0 Å². The standard InChI is InChI=1S/C52H56N10O11S2/c1-51(2,3)43-28-45(59-72-43)61(49(63)57-32-13-10-15-35(23-32)71-47-37-25-34(69-21-20-67-7)17-18-39(37)53-30-55-47)62(46-29-44(73-60-46)52(4,5)6)50(64)58-33-14-11-16-36(24-33)74-48-38-26-42(70-19-12-22-75(9,65)66)41(68-8)27-40(38)54-31-56-48/h10-11,13-18,23-31H,12,19-22H2,1-9H3,(H,57,63)(H,58,64). The third kappa shape index (κ3) is 13.4. The summed E-state index contributed by atoms with van der Waals surface area (Å²) in [6.07, 6.45) is 4.28. The lowest BCUT2D eigenvalue weighted by molar-refractivity contribution is 0.146. The van der Waals surface area contributed by atoms with Crippen LogP contribution in [0.5, 0.6) is 28.9 Å². The van der Waals surface area contributed by atoms with Crippen molar-refractivity contribution in [1.82, 2.24) is 30.2 Å². The number of hydrazine groups is 1. The van der Waals surface area contributed by atoms with E-state index in [9.17, 15) is 13.2 Å². The van der Waals surface area contributed by atoms with E-state index in [0.29, 0.717) is 85.1 Å². The molecule has 8 aromatic rings. The van der Waals surface area contributed by atoms with Gasteiger partial charge in [-0.3, -0.25) is 0 Å². The number of hydrogen-bond acceptors (Lipinski definition) is 18. The highest BCUT2D eigenvalue weighted by atomic mass is 32.2. The quantitative estimate of drug-likeness (QED) is 0.0460. The fourth-order valence-electron chi connectivity index (χ4n) is 7.21. The normalized spacial score (nSPS) is 11.9. The van der Waals surface area contributed by atoms with Gasteiger partial charge in [0, 0.05) is 70.1 Å². The van der Waals surface area contributed by atoms with Crippen molar-refractivity contribution in [3.05, 3.63) is 115 Å². The molecule has 4 aromatic carbocycles. The molecule has 0 radical (unpaired) electrons. The van der Waals surface area contributed by atoms with Gasteiger partial charge in [0.2, 0.25) is 17.5 Å². The Morgan fingerprint density at radius 1 is 0.653 bits per heavy atom. The van der Waals surface area contributed by atoms with Crippen LogP contribution in [0.25, 0.3) is 21.8 Å². The van der Waals surface area contributed by atoms with Crippen LogP contribution in [0.2, 0.25) is 0 Å². The summed E-state index contributed by atoms with van der Waals surface area (Å²) in [5.41, 5.74) is 0.732. The first kappa shape index (κ1) is 53.3. The lowest BCUT2D eigenvalue weighted by atomic mass is 9.93. The average molecular weight is 1060 g/mol. The summed E-state index contributed by atoms with van der Waals surface area (Å²) in [6.45, 7) is 12.4. The van der Waals surface area contributed by atoms with E-state index in [1.807, 2.05) is 47.6 Å². The molecule has 392 valence electrons. The van der Waals surface area contributed by atoms with Gasteiger partial charge in [-0.25, -0.2) is 37.9 Å². The van der Waals surface area contributed by atoms with Gasteiger partial charge >= 0.3 is 12.1 Å². The van der Waals surface area contributed by atoms with E-state index in [2.05, 4.69) is 40.9 Å². The fourth-order valence-corrected chi connectivity index (χ4v) is 8.78. The number of benzene rings is 4. The lowest BCUT2D eigenvalue weighted by Crippen LogP contribution is -2.54. The molecule has 0 aliphatic heterocycles. The summed E-state index contributed by atoms with van der Waals surface area (Å²) in [7, 11) is -0.0689. The van der Waals surface area contributed by atoms with Crippen molar-refractivity contribution in [1.29, 1.82) is 0 Å². The number of nitrogens with one attached hydrogen (secondary N) is 2. The van der Waals surface area contributed by atoms with E-state index in [0.717, 1.165) is 10.0 Å². The Balaban J connectivity index is 1.10. The van der Waals surface area contributed by atoms with Gasteiger partial charge in [0.05, 0.1) is 42.5 Å². The Hall–Kier alpha value is -8.02. The molecule has 4 amide bonds. The zero-order chi connectivity index (χ0) is 53.5. The summed E-state index contributed by atoms with van der Waals surface area (Å²) in [4.78, 5) is 48.5. The summed E-state index contributed by atoms with van der Waals surface area (Å²) in [5, 5.41) is 18.3. The highest BCUT2D eigenvalue weighted by Crippen LogP contribution is 2.39. The predicted molar refractivity (Wildman–Crippen MR) is 283 cm³/mol. The Kier molecular flexibility index (Phi) is 16.1. The molecular weight excluding hydrogens is 1000 g/mol. The van der Waals surface area contributed by atoms with Crippen LogP contribution < -0.4 is 39.6 Å². The third-order valence-corrected chi connectivity index (χ3v) is 13.1. The number of anilines is 4. The number of carbonyl (C=O) groups is 2. The maximum Gasteiger partial charge on any atom is 0.347 e. The molecule has 2 N–H and O–H groups in total. The summed E-state index contributed by atoms with van der Waals surface area (Å²) < 4.78 is 63.8. The number of urea groups is 2. The number of hydrogen-bond donors (Lipinski definition) is 2. The van der Waals surface area contributed by atoms with E-state index in [-0.39, 0.29) is 42.0 Å². The zero-order valence-electron chi connectivity index (χ0n) is 42.7. The maximum absolute atomic E-state index is 15.0. The van der Waals surface area contributed by atoms with Gasteiger partial charge in [0.15, 0.2) is 11.5 Å². The summed E-state index contributed by atoms with van der Waals surface area (Å²) in [5.74, 6) is 2.69. The van der Waals surface area contributed by atoms with Crippen molar-refractivity contribution in [2.24, 2.45) is 0 Å². The minimum absolute atomic E-state index is 0.0262. The van der Waals surface area contributed by atoms with Crippen LogP contribution in [0.4, 0.5) is 32.6 Å².